The highest BCUT2D eigenvalue weighted by Crippen LogP contribution is 2.31. The van der Waals surface area contributed by atoms with Gasteiger partial charge in [0.15, 0.2) is 0 Å². The second-order valence-electron chi connectivity index (χ2n) is 6.03. The van der Waals surface area contributed by atoms with Crippen molar-refractivity contribution in [3.8, 4) is 0 Å². The van der Waals surface area contributed by atoms with Crippen LogP contribution in [0.15, 0.2) is 0 Å². The molecular formula is C15H29NS. The van der Waals surface area contributed by atoms with Gasteiger partial charge in [-0.15, -0.1) is 0 Å². The summed E-state index contributed by atoms with van der Waals surface area (Å²) in [6.07, 6.45) is 10.1. The molecule has 0 amide bonds. The quantitative estimate of drug-likeness (QED) is 0.812. The monoisotopic (exact) mass is 255 g/mol. The Morgan fingerprint density at radius 2 is 1.76 bits per heavy atom. The van der Waals surface area contributed by atoms with Crippen molar-refractivity contribution in [3.63, 3.8) is 0 Å². The first kappa shape index (κ1) is 13.7. The van der Waals surface area contributed by atoms with E-state index in [1.54, 1.807) is 0 Å². The number of hydrogen-bond donors (Lipinski definition) is 1. The minimum Gasteiger partial charge on any atom is -0.313 e. The fourth-order valence-corrected chi connectivity index (χ4v) is 4.52. The van der Waals surface area contributed by atoms with Gasteiger partial charge in [0.25, 0.3) is 0 Å². The highest BCUT2D eigenvalue weighted by molar-refractivity contribution is 7.99. The first-order valence-electron chi connectivity index (χ1n) is 7.64. The molecule has 0 aromatic heterocycles. The molecule has 0 spiro atoms. The van der Waals surface area contributed by atoms with Gasteiger partial charge in [-0.25, -0.2) is 0 Å². The first-order valence-corrected chi connectivity index (χ1v) is 8.69. The zero-order valence-corrected chi connectivity index (χ0v) is 12.4. The van der Waals surface area contributed by atoms with Crippen LogP contribution in [-0.2, 0) is 0 Å². The highest BCUT2D eigenvalue weighted by Gasteiger charge is 2.24. The van der Waals surface area contributed by atoms with Crippen molar-refractivity contribution in [2.75, 3.05) is 12.3 Å². The molecule has 0 aromatic carbocycles. The Kier molecular flexibility index (Phi) is 5.68. The fourth-order valence-electron chi connectivity index (χ4n) is 3.35. The fraction of sp³-hybridized carbons (Fsp3) is 1.00. The predicted molar refractivity (Wildman–Crippen MR) is 78.7 cm³/mol. The van der Waals surface area contributed by atoms with Crippen molar-refractivity contribution >= 4 is 11.8 Å². The van der Waals surface area contributed by atoms with E-state index in [4.69, 9.17) is 0 Å². The summed E-state index contributed by atoms with van der Waals surface area (Å²) in [5.41, 5.74) is 0. The van der Waals surface area contributed by atoms with Gasteiger partial charge >= 0.3 is 0 Å². The van der Waals surface area contributed by atoms with Crippen molar-refractivity contribution in [2.45, 2.75) is 70.1 Å². The summed E-state index contributed by atoms with van der Waals surface area (Å²) in [6.45, 7) is 6.03. The lowest BCUT2D eigenvalue weighted by molar-refractivity contribution is 0.254. The third-order valence-electron chi connectivity index (χ3n) is 4.82. The van der Waals surface area contributed by atoms with Crippen molar-refractivity contribution in [3.05, 3.63) is 0 Å². The Morgan fingerprint density at radius 3 is 2.41 bits per heavy atom. The smallest absolute Gasteiger partial charge is 0.0184 e. The van der Waals surface area contributed by atoms with Gasteiger partial charge in [-0.3, -0.25) is 0 Å². The maximum Gasteiger partial charge on any atom is 0.0184 e. The van der Waals surface area contributed by atoms with Crippen LogP contribution in [0.3, 0.4) is 0 Å². The first-order chi connectivity index (χ1) is 8.29. The van der Waals surface area contributed by atoms with E-state index in [0.29, 0.717) is 0 Å². The lowest BCUT2D eigenvalue weighted by atomic mass is 9.81. The van der Waals surface area contributed by atoms with E-state index in [1.165, 1.54) is 57.2 Å². The summed E-state index contributed by atoms with van der Waals surface area (Å²) in [5.74, 6) is 3.38. The van der Waals surface area contributed by atoms with Crippen LogP contribution in [0, 0.1) is 11.8 Å². The van der Waals surface area contributed by atoms with Crippen molar-refractivity contribution in [1.82, 2.24) is 5.32 Å². The summed E-state index contributed by atoms with van der Waals surface area (Å²) in [6, 6.07) is 0.789. The Morgan fingerprint density at radius 1 is 1.06 bits per heavy atom. The number of rotatable bonds is 4. The Hall–Kier alpha value is 0.310. The molecule has 17 heavy (non-hydrogen) atoms. The maximum absolute atomic E-state index is 3.85. The summed E-state index contributed by atoms with van der Waals surface area (Å²) in [5, 5.41) is 4.68. The molecule has 2 aliphatic rings. The van der Waals surface area contributed by atoms with E-state index < -0.39 is 0 Å². The van der Waals surface area contributed by atoms with Gasteiger partial charge in [-0.1, -0.05) is 33.1 Å². The second-order valence-corrected chi connectivity index (χ2v) is 7.51. The van der Waals surface area contributed by atoms with Crippen LogP contribution in [0.25, 0.3) is 0 Å². The SMILES string of the molecule is CCC1CCC(CNC2CCCSC2C)CC1. The molecule has 2 heteroatoms. The normalized spacial score (nSPS) is 39.2. The summed E-state index contributed by atoms with van der Waals surface area (Å²) >= 11 is 2.15. The standard InChI is InChI=1S/C15H29NS/c1-3-13-6-8-14(9-7-13)11-16-15-5-4-10-17-12(15)2/h12-16H,3-11H2,1-2H3. The van der Waals surface area contributed by atoms with Crippen LogP contribution < -0.4 is 5.32 Å². The van der Waals surface area contributed by atoms with Crippen molar-refractivity contribution < 1.29 is 0 Å². The van der Waals surface area contributed by atoms with Crippen LogP contribution in [0.5, 0.6) is 0 Å². The van der Waals surface area contributed by atoms with Gasteiger partial charge in [0.2, 0.25) is 0 Å². The zero-order valence-electron chi connectivity index (χ0n) is 11.6. The number of nitrogens with one attached hydrogen (secondary N) is 1. The topological polar surface area (TPSA) is 12.0 Å². The third kappa shape index (κ3) is 4.17. The van der Waals surface area contributed by atoms with Gasteiger partial charge in [0.1, 0.15) is 0 Å². The molecule has 2 rings (SSSR count). The van der Waals surface area contributed by atoms with Crippen LogP contribution in [0.2, 0.25) is 0 Å². The largest absolute Gasteiger partial charge is 0.313 e. The molecule has 1 aliphatic heterocycles. The zero-order chi connectivity index (χ0) is 12.1. The number of hydrogen-bond acceptors (Lipinski definition) is 2. The molecule has 1 saturated heterocycles. The van der Waals surface area contributed by atoms with E-state index in [9.17, 15) is 0 Å². The molecule has 2 fully saturated rings. The lowest BCUT2D eigenvalue weighted by Gasteiger charge is -2.33. The molecule has 0 bridgehead atoms. The molecule has 100 valence electrons. The third-order valence-corrected chi connectivity index (χ3v) is 6.20. The molecule has 1 heterocycles. The van der Waals surface area contributed by atoms with Crippen LogP contribution in [-0.4, -0.2) is 23.6 Å². The maximum atomic E-state index is 3.85. The average Bonchev–Trinajstić information content (AvgIpc) is 2.38. The average molecular weight is 255 g/mol. The van der Waals surface area contributed by atoms with Crippen molar-refractivity contribution in [1.29, 1.82) is 0 Å². The molecular weight excluding hydrogens is 226 g/mol. The molecule has 1 aliphatic carbocycles. The Balaban J connectivity index is 1.65. The predicted octanol–water partition coefficient (Wildman–Crippen LogP) is 4.08. The summed E-state index contributed by atoms with van der Waals surface area (Å²) in [4.78, 5) is 0. The molecule has 1 N–H and O–H groups in total. The summed E-state index contributed by atoms with van der Waals surface area (Å²) < 4.78 is 0. The van der Waals surface area contributed by atoms with E-state index in [1.807, 2.05) is 0 Å². The van der Waals surface area contributed by atoms with Crippen LogP contribution >= 0.6 is 11.8 Å². The number of thioether (sulfide) groups is 1. The van der Waals surface area contributed by atoms with Crippen molar-refractivity contribution in [2.24, 2.45) is 11.8 Å². The molecule has 2 unspecified atom stereocenters. The molecule has 2 atom stereocenters. The van der Waals surface area contributed by atoms with Crippen LogP contribution in [0.4, 0.5) is 0 Å². The minimum absolute atomic E-state index is 0.789. The minimum atomic E-state index is 0.789. The van der Waals surface area contributed by atoms with Gasteiger partial charge in [0.05, 0.1) is 0 Å². The van der Waals surface area contributed by atoms with E-state index >= 15 is 0 Å². The second kappa shape index (κ2) is 7.04. The van der Waals surface area contributed by atoms with Gasteiger partial charge in [-0.05, 0) is 49.8 Å². The molecule has 1 nitrogen and oxygen atoms in total. The van der Waals surface area contributed by atoms with Gasteiger partial charge in [-0.2, -0.15) is 11.8 Å². The lowest BCUT2D eigenvalue weighted by Crippen LogP contribution is -2.42. The molecule has 0 aromatic rings. The highest BCUT2D eigenvalue weighted by atomic mass is 32.2. The van der Waals surface area contributed by atoms with Crippen LogP contribution in [0.1, 0.15) is 58.8 Å². The Bertz CT molecular complexity index is 211. The van der Waals surface area contributed by atoms with E-state index in [2.05, 4.69) is 30.9 Å². The van der Waals surface area contributed by atoms with E-state index in [0.717, 1.165) is 23.1 Å². The van der Waals surface area contributed by atoms with Gasteiger partial charge < -0.3 is 5.32 Å². The Labute approximate surface area is 112 Å². The molecule has 1 saturated carbocycles. The van der Waals surface area contributed by atoms with E-state index in [-0.39, 0.29) is 0 Å². The summed E-state index contributed by atoms with van der Waals surface area (Å²) in [7, 11) is 0. The van der Waals surface area contributed by atoms with Gasteiger partial charge in [0, 0.05) is 11.3 Å². The molecule has 0 radical (unpaired) electrons.